The van der Waals surface area contributed by atoms with Crippen molar-refractivity contribution in [3.05, 3.63) is 22.5 Å². The fourth-order valence-corrected chi connectivity index (χ4v) is 1.60. The van der Waals surface area contributed by atoms with E-state index in [4.69, 9.17) is 0 Å². The number of hydrogen-bond donors (Lipinski definition) is 1. The van der Waals surface area contributed by atoms with Gasteiger partial charge in [0.15, 0.2) is 0 Å². The van der Waals surface area contributed by atoms with Gasteiger partial charge in [-0.2, -0.15) is 0 Å². The standard InChI is InChI=1S/C11H16N2O3/c1-6-8(11(15)16-5)7(2)12-9(6)10(14)13(3)4/h12H,1-5H3. The number of aromatic amines is 1. The molecule has 88 valence electrons. The molecule has 0 aliphatic carbocycles. The topological polar surface area (TPSA) is 62.4 Å². The zero-order valence-corrected chi connectivity index (χ0v) is 10.2. The van der Waals surface area contributed by atoms with Crippen LogP contribution in [0.25, 0.3) is 0 Å². The summed E-state index contributed by atoms with van der Waals surface area (Å²) < 4.78 is 4.67. The summed E-state index contributed by atoms with van der Waals surface area (Å²) in [6.07, 6.45) is 0. The third-order valence-corrected chi connectivity index (χ3v) is 2.45. The fraction of sp³-hybridized carbons (Fsp3) is 0.455. The lowest BCUT2D eigenvalue weighted by molar-refractivity contribution is 0.0599. The van der Waals surface area contributed by atoms with Crippen molar-refractivity contribution in [2.45, 2.75) is 13.8 Å². The molecule has 1 amide bonds. The first-order chi connectivity index (χ1) is 7.40. The number of ether oxygens (including phenoxy) is 1. The smallest absolute Gasteiger partial charge is 0.339 e. The molecule has 0 bridgehead atoms. The first-order valence-corrected chi connectivity index (χ1v) is 4.89. The third kappa shape index (κ3) is 1.93. The Kier molecular flexibility index (Phi) is 3.37. The van der Waals surface area contributed by atoms with E-state index in [1.54, 1.807) is 27.9 Å². The molecular weight excluding hydrogens is 208 g/mol. The Morgan fingerprint density at radius 3 is 2.25 bits per heavy atom. The lowest BCUT2D eigenvalue weighted by Crippen LogP contribution is -2.22. The maximum Gasteiger partial charge on any atom is 0.339 e. The molecule has 16 heavy (non-hydrogen) atoms. The molecule has 0 unspecified atom stereocenters. The molecule has 1 rings (SSSR count). The van der Waals surface area contributed by atoms with Crippen LogP contribution in [0.3, 0.4) is 0 Å². The maximum absolute atomic E-state index is 11.8. The van der Waals surface area contributed by atoms with Crippen molar-refractivity contribution in [1.82, 2.24) is 9.88 Å². The summed E-state index contributed by atoms with van der Waals surface area (Å²) in [6.45, 7) is 3.47. The van der Waals surface area contributed by atoms with Crippen molar-refractivity contribution in [2.75, 3.05) is 21.2 Å². The molecule has 0 fully saturated rings. The van der Waals surface area contributed by atoms with Crippen molar-refractivity contribution in [3.8, 4) is 0 Å². The van der Waals surface area contributed by atoms with Crippen LogP contribution in [0.1, 0.15) is 32.1 Å². The molecule has 1 aromatic rings. The SMILES string of the molecule is COC(=O)c1c(C)[nH]c(C(=O)N(C)C)c1C. The van der Waals surface area contributed by atoms with Gasteiger partial charge in [-0.3, -0.25) is 4.79 Å². The van der Waals surface area contributed by atoms with Crippen molar-refractivity contribution in [3.63, 3.8) is 0 Å². The summed E-state index contributed by atoms with van der Waals surface area (Å²) in [5, 5.41) is 0. The molecule has 0 radical (unpaired) electrons. The first-order valence-electron chi connectivity index (χ1n) is 4.89. The van der Waals surface area contributed by atoms with E-state index in [0.717, 1.165) is 0 Å². The molecular formula is C11H16N2O3. The summed E-state index contributed by atoms with van der Waals surface area (Å²) in [7, 11) is 4.65. The van der Waals surface area contributed by atoms with Gasteiger partial charge in [0.05, 0.1) is 12.7 Å². The monoisotopic (exact) mass is 224 g/mol. The van der Waals surface area contributed by atoms with Gasteiger partial charge >= 0.3 is 5.97 Å². The number of nitrogens with zero attached hydrogens (tertiary/aromatic N) is 1. The highest BCUT2D eigenvalue weighted by Gasteiger charge is 2.22. The number of hydrogen-bond acceptors (Lipinski definition) is 3. The molecule has 1 heterocycles. The van der Waals surface area contributed by atoms with E-state index in [9.17, 15) is 9.59 Å². The normalized spacial score (nSPS) is 10.1. The van der Waals surface area contributed by atoms with Crippen LogP contribution in [-0.2, 0) is 4.74 Å². The number of aryl methyl sites for hydroxylation is 1. The van der Waals surface area contributed by atoms with Crippen molar-refractivity contribution in [1.29, 1.82) is 0 Å². The molecule has 0 aromatic carbocycles. The van der Waals surface area contributed by atoms with Crippen LogP contribution in [0.5, 0.6) is 0 Å². The van der Waals surface area contributed by atoms with Crippen LogP contribution in [0.2, 0.25) is 0 Å². The Balaban J connectivity index is 3.27. The number of carbonyl (C=O) groups is 2. The lowest BCUT2D eigenvalue weighted by atomic mass is 10.1. The Morgan fingerprint density at radius 1 is 1.25 bits per heavy atom. The van der Waals surface area contributed by atoms with Gasteiger partial charge in [-0.05, 0) is 19.4 Å². The number of amides is 1. The number of nitrogens with one attached hydrogen (secondary N) is 1. The highest BCUT2D eigenvalue weighted by molar-refractivity contribution is 6.00. The number of aromatic nitrogens is 1. The molecule has 1 aromatic heterocycles. The van der Waals surface area contributed by atoms with Gasteiger partial charge in [-0.15, -0.1) is 0 Å². The van der Waals surface area contributed by atoms with Gasteiger partial charge in [-0.25, -0.2) is 4.79 Å². The molecule has 0 spiro atoms. The van der Waals surface area contributed by atoms with Crippen LogP contribution < -0.4 is 0 Å². The molecule has 0 saturated carbocycles. The zero-order chi connectivity index (χ0) is 12.5. The molecule has 1 N–H and O–H groups in total. The molecule has 0 saturated heterocycles. The van der Waals surface area contributed by atoms with Gasteiger partial charge in [0, 0.05) is 19.8 Å². The average molecular weight is 224 g/mol. The van der Waals surface area contributed by atoms with E-state index in [-0.39, 0.29) is 5.91 Å². The van der Waals surface area contributed by atoms with Crippen LogP contribution in [0.15, 0.2) is 0 Å². The van der Waals surface area contributed by atoms with Crippen LogP contribution >= 0.6 is 0 Å². The predicted molar refractivity (Wildman–Crippen MR) is 59.6 cm³/mol. The predicted octanol–water partition coefficient (Wildman–Crippen LogP) is 1.12. The highest BCUT2D eigenvalue weighted by atomic mass is 16.5. The minimum atomic E-state index is -0.427. The largest absolute Gasteiger partial charge is 0.465 e. The van der Waals surface area contributed by atoms with Gasteiger partial charge in [0.2, 0.25) is 0 Å². The number of H-pyrrole nitrogens is 1. The summed E-state index contributed by atoms with van der Waals surface area (Å²) in [6, 6.07) is 0. The van der Waals surface area contributed by atoms with E-state index in [2.05, 4.69) is 9.72 Å². The second-order valence-corrected chi connectivity index (χ2v) is 3.82. The van der Waals surface area contributed by atoms with Crippen molar-refractivity contribution in [2.24, 2.45) is 0 Å². The molecule has 5 heteroatoms. The van der Waals surface area contributed by atoms with Gasteiger partial charge in [-0.1, -0.05) is 0 Å². The minimum absolute atomic E-state index is 0.157. The van der Waals surface area contributed by atoms with Crippen LogP contribution in [-0.4, -0.2) is 43.0 Å². The van der Waals surface area contributed by atoms with E-state index in [1.807, 2.05) is 0 Å². The van der Waals surface area contributed by atoms with Crippen molar-refractivity contribution < 1.29 is 14.3 Å². The van der Waals surface area contributed by atoms with E-state index < -0.39 is 5.97 Å². The lowest BCUT2D eigenvalue weighted by Gasteiger charge is -2.09. The van der Waals surface area contributed by atoms with Crippen molar-refractivity contribution >= 4 is 11.9 Å². The zero-order valence-electron chi connectivity index (χ0n) is 10.2. The Labute approximate surface area is 94.4 Å². The van der Waals surface area contributed by atoms with Gasteiger partial charge in [0.25, 0.3) is 5.91 Å². The summed E-state index contributed by atoms with van der Waals surface area (Å²) in [5.41, 5.74) is 2.15. The van der Waals surface area contributed by atoms with Gasteiger partial charge < -0.3 is 14.6 Å². The number of methoxy groups -OCH3 is 1. The summed E-state index contributed by atoms with van der Waals surface area (Å²) in [4.78, 5) is 27.7. The van der Waals surface area contributed by atoms with Crippen LogP contribution in [0.4, 0.5) is 0 Å². The Morgan fingerprint density at radius 2 is 1.81 bits per heavy atom. The fourth-order valence-electron chi connectivity index (χ4n) is 1.60. The Hall–Kier alpha value is -1.78. The second-order valence-electron chi connectivity index (χ2n) is 3.82. The summed E-state index contributed by atoms with van der Waals surface area (Å²) >= 11 is 0. The maximum atomic E-state index is 11.8. The third-order valence-electron chi connectivity index (χ3n) is 2.45. The summed E-state index contributed by atoms with van der Waals surface area (Å²) in [5.74, 6) is -0.584. The number of rotatable bonds is 2. The number of esters is 1. The second kappa shape index (κ2) is 4.38. The molecule has 0 aliphatic heterocycles. The molecule has 0 atom stereocenters. The van der Waals surface area contributed by atoms with E-state index in [1.165, 1.54) is 12.0 Å². The van der Waals surface area contributed by atoms with E-state index >= 15 is 0 Å². The molecule has 0 aliphatic rings. The quantitative estimate of drug-likeness (QED) is 0.766. The molecule has 5 nitrogen and oxygen atoms in total. The first kappa shape index (κ1) is 12.3. The highest BCUT2D eigenvalue weighted by Crippen LogP contribution is 2.19. The minimum Gasteiger partial charge on any atom is -0.465 e. The Bertz CT molecular complexity index is 433. The average Bonchev–Trinajstić information content (AvgIpc) is 2.52. The van der Waals surface area contributed by atoms with Gasteiger partial charge in [0.1, 0.15) is 5.69 Å². The van der Waals surface area contributed by atoms with E-state index in [0.29, 0.717) is 22.5 Å². The number of carbonyl (C=O) groups excluding carboxylic acids is 2. The van der Waals surface area contributed by atoms with Crippen LogP contribution in [0, 0.1) is 13.8 Å².